The van der Waals surface area contributed by atoms with Crippen molar-refractivity contribution in [1.82, 2.24) is 15.5 Å². The van der Waals surface area contributed by atoms with Gasteiger partial charge < -0.3 is 24.7 Å². The van der Waals surface area contributed by atoms with Crippen LogP contribution in [-0.2, 0) is 11.2 Å². The highest BCUT2D eigenvalue weighted by Crippen LogP contribution is 2.10. The second kappa shape index (κ2) is 14.3. The highest BCUT2D eigenvalue weighted by Gasteiger charge is 2.19. The molecular formula is C19H35IN4O2. The summed E-state index contributed by atoms with van der Waals surface area (Å²) in [6, 6.07) is 4.44. The molecule has 0 saturated carbocycles. The van der Waals surface area contributed by atoms with E-state index in [4.69, 9.17) is 14.1 Å². The van der Waals surface area contributed by atoms with Crippen molar-refractivity contribution in [2.75, 3.05) is 46.4 Å². The lowest BCUT2D eigenvalue weighted by molar-refractivity contribution is 0.128. The molecule has 7 heteroatoms. The average molecular weight is 478 g/mol. The number of piperidine rings is 1. The Bertz CT molecular complexity index is 474. The molecule has 1 aliphatic rings. The SMILES string of the molecule is CCCCN=C(NCCc1ccco1)NC1CCN(CCOC)CC1.I. The molecule has 0 aromatic carbocycles. The van der Waals surface area contributed by atoms with Gasteiger partial charge in [0.25, 0.3) is 0 Å². The van der Waals surface area contributed by atoms with Crippen molar-refractivity contribution in [2.45, 2.75) is 45.1 Å². The van der Waals surface area contributed by atoms with E-state index in [1.807, 2.05) is 12.1 Å². The molecule has 0 spiro atoms. The van der Waals surface area contributed by atoms with Gasteiger partial charge in [0.2, 0.25) is 0 Å². The van der Waals surface area contributed by atoms with Crippen molar-refractivity contribution in [1.29, 1.82) is 0 Å². The molecule has 1 saturated heterocycles. The van der Waals surface area contributed by atoms with E-state index in [0.29, 0.717) is 6.04 Å². The van der Waals surface area contributed by atoms with Crippen molar-refractivity contribution in [3.63, 3.8) is 0 Å². The highest BCUT2D eigenvalue weighted by molar-refractivity contribution is 14.0. The normalized spacial score (nSPS) is 16.3. The lowest BCUT2D eigenvalue weighted by Gasteiger charge is -2.32. The van der Waals surface area contributed by atoms with Gasteiger partial charge in [-0.15, -0.1) is 24.0 Å². The Balaban J connectivity index is 0.00000338. The Morgan fingerprint density at radius 3 is 2.85 bits per heavy atom. The van der Waals surface area contributed by atoms with E-state index in [1.165, 1.54) is 6.42 Å². The van der Waals surface area contributed by atoms with Gasteiger partial charge in [0, 0.05) is 52.3 Å². The minimum atomic E-state index is 0. The van der Waals surface area contributed by atoms with E-state index in [2.05, 4.69) is 22.5 Å². The van der Waals surface area contributed by atoms with Crippen LogP contribution >= 0.6 is 24.0 Å². The van der Waals surface area contributed by atoms with E-state index < -0.39 is 0 Å². The Morgan fingerprint density at radius 2 is 2.19 bits per heavy atom. The number of nitrogens with one attached hydrogen (secondary N) is 2. The number of likely N-dealkylation sites (tertiary alicyclic amines) is 1. The maximum absolute atomic E-state index is 5.39. The lowest BCUT2D eigenvalue weighted by Crippen LogP contribution is -2.49. The highest BCUT2D eigenvalue weighted by atomic mass is 127. The number of guanidine groups is 1. The molecule has 1 fully saturated rings. The maximum Gasteiger partial charge on any atom is 0.191 e. The number of nitrogens with zero attached hydrogens (tertiary/aromatic N) is 2. The molecule has 26 heavy (non-hydrogen) atoms. The summed E-state index contributed by atoms with van der Waals surface area (Å²) >= 11 is 0. The summed E-state index contributed by atoms with van der Waals surface area (Å²) in [4.78, 5) is 7.20. The van der Waals surface area contributed by atoms with Crippen LogP contribution in [-0.4, -0.2) is 63.3 Å². The van der Waals surface area contributed by atoms with Gasteiger partial charge in [-0.3, -0.25) is 4.99 Å². The first-order valence-electron chi connectivity index (χ1n) is 9.60. The van der Waals surface area contributed by atoms with Crippen LogP contribution in [0.4, 0.5) is 0 Å². The van der Waals surface area contributed by atoms with Crippen molar-refractivity contribution in [2.24, 2.45) is 4.99 Å². The van der Waals surface area contributed by atoms with Gasteiger partial charge in [-0.1, -0.05) is 13.3 Å². The number of methoxy groups -OCH3 is 1. The predicted octanol–water partition coefficient (Wildman–Crippen LogP) is 2.89. The van der Waals surface area contributed by atoms with Gasteiger partial charge >= 0.3 is 0 Å². The second-order valence-corrected chi connectivity index (χ2v) is 6.59. The molecule has 2 heterocycles. The minimum absolute atomic E-state index is 0. The zero-order chi connectivity index (χ0) is 17.7. The molecule has 0 aliphatic carbocycles. The van der Waals surface area contributed by atoms with E-state index in [-0.39, 0.29) is 24.0 Å². The van der Waals surface area contributed by atoms with Crippen molar-refractivity contribution in [3.05, 3.63) is 24.2 Å². The molecule has 2 N–H and O–H groups in total. The standard InChI is InChI=1S/C19H34N4O2.HI/c1-3-4-10-20-19(21-11-7-18-6-5-15-25-18)22-17-8-12-23(13-9-17)14-16-24-2;/h5-6,15,17H,3-4,7-14,16H2,1-2H3,(H2,20,21,22);1H. The van der Waals surface area contributed by atoms with Gasteiger partial charge in [-0.2, -0.15) is 0 Å². The number of hydrogen-bond donors (Lipinski definition) is 2. The first kappa shape index (κ1) is 23.2. The molecule has 150 valence electrons. The number of aliphatic imine (C=N–C) groups is 1. The van der Waals surface area contributed by atoms with Crippen LogP contribution in [0.15, 0.2) is 27.8 Å². The number of ether oxygens (including phenoxy) is 1. The van der Waals surface area contributed by atoms with Crippen LogP contribution in [0.2, 0.25) is 0 Å². The number of hydrogen-bond acceptors (Lipinski definition) is 4. The average Bonchev–Trinajstić information content (AvgIpc) is 3.14. The molecule has 1 aromatic heterocycles. The summed E-state index contributed by atoms with van der Waals surface area (Å²) in [6.07, 6.45) is 7.19. The van der Waals surface area contributed by atoms with Crippen LogP contribution in [0.5, 0.6) is 0 Å². The van der Waals surface area contributed by atoms with Gasteiger partial charge in [0.05, 0.1) is 12.9 Å². The number of furan rings is 1. The van der Waals surface area contributed by atoms with E-state index >= 15 is 0 Å². The van der Waals surface area contributed by atoms with Gasteiger partial charge in [-0.05, 0) is 31.4 Å². The van der Waals surface area contributed by atoms with Gasteiger partial charge in [-0.25, -0.2) is 0 Å². The zero-order valence-electron chi connectivity index (χ0n) is 16.2. The van der Waals surface area contributed by atoms with Gasteiger partial charge in [0.15, 0.2) is 5.96 Å². The number of rotatable bonds is 10. The van der Waals surface area contributed by atoms with Crippen LogP contribution in [0.25, 0.3) is 0 Å². The quantitative estimate of drug-likeness (QED) is 0.235. The molecule has 6 nitrogen and oxygen atoms in total. The third kappa shape index (κ3) is 9.23. The summed E-state index contributed by atoms with van der Waals surface area (Å²) in [6.45, 7) is 7.99. The van der Waals surface area contributed by atoms with Gasteiger partial charge in [0.1, 0.15) is 5.76 Å². The molecule has 2 rings (SSSR count). The topological polar surface area (TPSA) is 62.0 Å². The Labute approximate surface area is 175 Å². The Hall–Kier alpha value is -0.800. The predicted molar refractivity (Wildman–Crippen MR) is 118 cm³/mol. The molecule has 0 bridgehead atoms. The van der Waals surface area contributed by atoms with E-state index in [1.54, 1.807) is 13.4 Å². The van der Waals surface area contributed by atoms with Crippen molar-refractivity contribution in [3.8, 4) is 0 Å². The van der Waals surface area contributed by atoms with Crippen LogP contribution in [0.3, 0.4) is 0 Å². The second-order valence-electron chi connectivity index (χ2n) is 6.59. The summed E-state index contributed by atoms with van der Waals surface area (Å²) in [7, 11) is 1.77. The fraction of sp³-hybridized carbons (Fsp3) is 0.737. The maximum atomic E-state index is 5.39. The van der Waals surface area contributed by atoms with Crippen LogP contribution < -0.4 is 10.6 Å². The Kier molecular flexibility index (Phi) is 12.8. The number of unbranched alkanes of at least 4 members (excludes halogenated alkanes) is 1. The lowest BCUT2D eigenvalue weighted by atomic mass is 10.1. The first-order valence-corrected chi connectivity index (χ1v) is 9.60. The fourth-order valence-electron chi connectivity index (χ4n) is 2.98. The Morgan fingerprint density at radius 1 is 1.38 bits per heavy atom. The smallest absolute Gasteiger partial charge is 0.191 e. The van der Waals surface area contributed by atoms with Crippen LogP contribution in [0, 0.1) is 0 Å². The molecule has 0 atom stereocenters. The molecule has 0 amide bonds. The molecule has 0 unspecified atom stereocenters. The third-order valence-electron chi connectivity index (χ3n) is 4.57. The van der Waals surface area contributed by atoms with E-state index in [0.717, 1.165) is 76.7 Å². The zero-order valence-corrected chi connectivity index (χ0v) is 18.5. The van der Waals surface area contributed by atoms with Crippen LogP contribution in [0.1, 0.15) is 38.4 Å². The fourth-order valence-corrected chi connectivity index (χ4v) is 2.98. The largest absolute Gasteiger partial charge is 0.469 e. The molecule has 0 radical (unpaired) electrons. The molecular weight excluding hydrogens is 443 g/mol. The van der Waals surface area contributed by atoms with Crippen molar-refractivity contribution < 1.29 is 9.15 Å². The number of halogens is 1. The summed E-state index contributed by atoms with van der Waals surface area (Å²) < 4.78 is 10.6. The monoisotopic (exact) mass is 478 g/mol. The van der Waals surface area contributed by atoms with Crippen molar-refractivity contribution >= 4 is 29.9 Å². The van der Waals surface area contributed by atoms with E-state index in [9.17, 15) is 0 Å². The third-order valence-corrected chi connectivity index (χ3v) is 4.57. The molecule has 1 aliphatic heterocycles. The molecule has 1 aromatic rings. The summed E-state index contributed by atoms with van der Waals surface area (Å²) in [5, 5.41) is 7.08. The minimum Gasteiger partial charge on any atom is -0.469 e. The summed E-state index contributed by atoms with van der Waals surface area (Å²) in [5.41, 5.74) is 0. The first-order chi connectivity index (χ1) is 12.3. The summed E-state index contributed by atoms with van der Waals surface area (Å²) in [5.74, 6) is 1.95.